The van der Waals surface area contributed by atoms with Gasteiger partial charge in [0.2, 0.25) is 0 Å². The van der Waals surface area contributed by atoms with Crippen LogP contribution in [0.15, 0.2) is 66.7 Å². The Balaban J connectivity index is 1.31. The maximum absolute atomic E-state index is 12.6. The quantitative estimate of drug-likeness (QED) is 0.480. The van der Waals surface area contributed by atoms with Crippen LogP contribution in [-0.2, 0) is 16.0 Å². The zero-order chi connectivity index (χ0) is 20.7. The number of nitrogens with one attached hydrogen (secondary N) is 1. The molecule has 0 aliphatic carbocycles. The molecule has 0 saturated heterocycles. The van der Waals surface area contributed by atoms with E-state index in [1.807, 2.05) is 42.5 Å². The van der Waals surface area contributed by atoms with Crippen molar-refractivity contribution in [3.63, 3.8) is 0 Å². The van der Waals surface area contributed by atoms with Gasteiger partial charge in [-0.05, 0) is 66.9 Å². The molecule has 0 radical (unpaired) electrons. The van der Waals surface area contributed by atoms with Crippen LogP contribution in [0.3, 0.4) is 0 Å². The fourth-order valence-corrected chi connectivity index (χ4v) is 4.78. The highest BCUT2D eigenvalue weighted by molar-refractivity contribution is 7.21. The molecule has 0 bridgehead atoms. The minimum absolute atomic E-state index is 0.529. The van der Waals surface area contributed by atoms with Gasteiger partial charge in [-0.25, -0.2) is 4.98 Å². The van der Waals surface area contributed by atoms with Gasteiger partial charge in [0.1, 0.15) is 5.01 Å². The van der Waals surface area contributed by atoms with Crippen molar-refractivity contribution < 1.29 is 9.59 Å². The Morgan fingerprint density at radius 3 is 2.67 bits per heavy atom. The molecule has 1 aromatic heterocycles. The van der Waals surface area contributed by atoms with Gasteiger partial charge in [0, 0.05) is 23.5 Å². The zero-order valence-corrected chi connectivity index (χ0v) is 17.2. The lowest BCUT2D eigenvalue weighted by atomic mass is 10.2. The summed E-state index contributed by atoms with van der Waals surface area (Å²) in [6.07, 6.45) is 0.769. The molecule has 3 aromatic carbocycles. The van der Waals surface area contributed by atoms with Crippen molar-refractivity contribution in [2.24, 2.45) is 0 Å². The molecule has 0 saturated carbocycles. The van der Waals surface area contributed by atoms with Crippen LogP contribution in [0.5, 0.6) is 0 Å². The molecule has 5 nitrogen and oxygen atoms in total. The summed E-state index contributed by atoms with van der Waals surface area (Å²) >= 11 is 1.64. The summed E-state index contributed by atoms with van der Waals surface area (Å²) < 4.78 is 1.15. The van der Waals surface area contributed by atoms with E-state index in [4.69, 9.17) is 0 Å². The molecule has 1 aliphatic rings. The number of amides is 2. The number of para-hydroxylation sites is 1. The number of aryl methyl sites for hydroxylation is 1. The topological polar surface area (TPSA) is 62.3 Å². The molecular weight excluding hydrogens is 394 g/mol. The lowest BCUT2D eigenvalue weighted by Crippen LogP contribution is -2.38. The predicted octanol–water partition coefficient (Wildman–Crippen LogP) is 4.80. The van der Waals surface area contributed by atoms with Crippen LogP contribution < -0.4 is 10.2 Å². The van der Waals surface area contributed by atoms with Crippen molar-refractivity contribution in [1.29, 1.82) is 0 Å². The Labute approximate surface area is 178 Å². The molecule has 148 valence electrons. The number of hydrogen-bond donors (Lipinski definition) is 1. The monoisotopic (exact) mass is 413 g/mol. The molecule has 1 N–H and O–H groups in total. The van der Waals surface area contributed by atoms with Crippen LogP contribution in [0.1, 0.15) is 11.1 Å². The van der Waals surface area contributed by atoms with Crippen molar-refractivity contribution in [3.05, 3.63) is 77.9 Å². The van der Waals surface area contributed by atoms with E-state index in [0.29, 0.717) is 12.2 Å². The fourth-order valence-electron chi connectivity index (χ4n) is 3.71. The van der Waals surface area contributed by atoms with Crippen LogP contribution in [0, 0.1) is 6.92 Å². The highest BCUT2D eigenvalue weighted by Crippen LogP contribution is 2.31. The van der Waals surface area contributed by atoms with Crippen molar-refractivity contribution in [3.8, 4) is 10.6 Å². The van der Waals surface area contributed by atoms with Crippen LogP contribution >= 0.6 is 11.3 Å². The summed E-state index contributed by atoms with van der Waals surface area (Å²) in [4.78, 5) is 31.4. The second-order valence-electron chi connectivity index (χ2n) is 7.36. The van der Waals surface area contributed by atoms with Gasteiger partial charge in [0.25, 0.3) is 0 Å². The number of nitrogens with zero attached hydrogens (tertiary/aromatic N) is 2. The third-order valence-corrected chi connectivity index (χ3v) is 6.33. The van der Waals surface area contributed by atoms with Gasteiger partial charge in [-0.3, -0.25) is 9.59 Å². The number of rotatable bonds is 2. The van der Waals surface area contributed by atoms with E-state index in [-0.39, 0.29) is 0 Å². The molecule has 0 fully saturated rings. The van der Waals surface area contributed by atoms with Gasteiger partial charge in [-0.2, -0.15) is 0 Å². The average Bonchev–Trinajstić information content (AvgIpc) is 3.37. The fraction of sp³-hybridized carbons (Fsp3) is 0.125. The Morgan fingerprint density at radius 1 is 1.03 bits per heavy atom. The molecule has 5 rings (SSSR count). The number of carbonyl (C=O) groups is 2. The van der Waals surface area contributed by atoms with Gasteiger partial charge in [0.15, 0.2) is 0 Å². The van der Waals surface area contributed by atoms with Crippen molar-refractivity contribution >= 4 is 44.7 Å². The van der Waals surface area contributed by atoms with E-state index >= 15 is 0 Å². The third kappa shape index (κ3) is 3.35. The average molecular weight is 414 g/mol. The van der Waals surface area contributed by atoms with Gasteiger partial charge in [-0.15, -0.1) is 11.3 Å². The van der Waals surface area contributed by atoms with E-state index in [0.717, 1.165) is 38.5 Å². The summed E-state index contributed by atoms with van der Waals surface area (Å²) in [5.74, 6) is -1.17. The molecule has 0 atom stereocenters. The number of hydrogen-bond acceptors (Lipinski definition) is 4. The minimum Gasteiger partial charge on any atom is -0.318 e. The SMILES string of the molecule is Cc1ccc2nc(-c3ccc(NC(=O)C(=O)N4CCc5ccccc54)cc3)sc2c1. The number of anilines is 2. The first-order valence-corrected chi connectivity index (χ1v) is 10.6. The molecule has 1 aliphatic heterocycles. The standard InChI is InChI=1S/C24H19N3O2S/c1-15-6-11-19-21(14-15)30-23(26-19)17-7-9-18(10-8-17)25-22(28)24(29)27-13-12-16-4-2-3-5-20(16)27/h2-11,14H,12-13H2,1H3,(H,25,28). The van der Waals surface area contributed by atoms with Crippen LogP contribution in [0.4, 0.5) is 11.4 Å². The largest absolute Gasteiger partial charge is 0.318 e. The van der Waals surface area contributed by atoms with E-state index in [9.17, 15) is 9.59 Å². The second-order valence-corrected chi connectivity index (χ2v) is 8.39. The van der Waals surface area contributed by atoms with E-state index in [2.05, 4.69) is 29.4 Å². The van der Waals surface area contributed by atoms with Gasteiger partial charge in [0.05, 0.1) is 10.2 Å². The molecule has 2 amide bonds. The summed E-state index contributed by atoms with van der Waals surface area (Å²) in [7, 11) is 0. The Morgan fingerprint density at radius 2 is 1.83 bits per heavy atom. The third-order valence-electron chi connectivity index (χ3n) is 5.26. The number of benzene rings is 3. The first kappa shape index (κ1) is 18.5. The second kappa shape index (κ2) is 7.39. The van der Waals surface area contributed by atoms with Crippen molar-refractivity contribution in [2.45, 2.75) is 13.3 Å². The zero-order valence-electron chi connectivity index (χ0n) is 16.4. The summed E-state index contributed by atoms with van der Waals surface area (Å²) in [6.45, 7) is 2.60. The normalized spacial score (nSPS) is 12.8. The molecule has 2 heterocycles. The first-order valence-electron chi connectivity index (χ1n) is 9.77. The van der Waals surface area contributed by atoms with Crippen LogP contribution in [0.2, 0.25) is 0 Å². The van der Waals surface area contributed by atoms with E-state index in [1.165, 1.54) is 5.56 Å². The van der Waals surface area contributed by atoms with Gasteiger partial charge < -0.3 is 10.2 Å². The number of carbonyl (C=O) groups excluding carboxylic acids is 2. The molecule has 30 heavy (non-hydrogen) atoms. The number of thiazole rings is 1. The van der Waals surface area contributed by atoms with Crippen molar-refractivity contribution in [1.82, 2.24) is 4.98 Å². The van der Waals surface area contributed by atoms with Crippen molar-refractivity contribution in [2.75, 3.05) is 16.8 Å². The molecule has 6 heteroatoms. The Hall–Kier alpha value is -3.51. The minimum atomic E-state index is -0.630. The summed E-state index contributed by atoms with van der Waals surface area (Å²) in [6, 6.07) is 21.3. The van der Waals surface area contributed by atoms with Crippen LogP contribution in [-0.4, -0.2) is 23.3 Å². The number of aromatic nitrogens is 1. The Bertz CT molecular complexity index is 1280. The number of fused-ring (bicyclic) bond motifs is 2. The predicted molar refractivity (Wildman–Crippen MR) is 121 cm³/mol. The molecule has 0 spiro atoms. The maximum atomic E-state index is 12.6. The molecular formula is C24H19N3O2S. The van der Waals surface area contributed by atoms with Gasteiger partial charge >= 0.3 is 11.8 Å². The summed E-state index contributed by atoms with van der Waals surface area (Å²) in [5.41, 5.74) is 5.66. The van der Waals surface area contributed by atoms with Crippen LogP contribution in [0.25, 0.3) is 20.8 Å². The molecule has 0 unspecified atom stereocenters. The smallest absolute Gasteiger partial charge is 0.316 e. The maximum Gasteiger partial charge on any atom is 0.316 e. The van der Waals surface area contributed by atoms with E-state index in [1.54, 1.807) is 28.4 Å². The summed E-state index contributed by atoms with van der Waals surface area (Å²) in [5, 5.41) is 3.64. The highest BCUT2D eigenvalue weighted by atomic mass is 32.1. The lowest BCUT2D eigenvalue weighted by Gasteiger charge is -2.16. The first-order chi connectivity index (χ1) is 14.6. The highest BCUT2D eigenvalue weighted by Gasteiger charge is 2.28. The lowest BCUT2D eigenvalue weighted by molar-refractivity contribution is -0.134. The Kier molecular flexibility index (Phi) is 4.56. The van der Waals surface area contributed by atoms with E-state index < -0.39 is 11.8 Å². The van der Waals surface area contributed by atoms with Gasteiger partial charge in [-0.1, -0.05) is 24.3 Å². The molecule has 4 aromatic rings.